The Morgan fingerprint density at radius 2 is 1.91 bits per heavy atom. The Morgan fingerprint density at radius 1 is 1.32 bits per heavy atom. The number of carbonyl (C=O) groups is 1. The number of carboxylic acids is 1. The van der Waals surface area contributed by atoms with Crippen molar-refractivity contribution < 1.29 is 27.8 Å². The standard InChI is InChI=1S/C15H20F3NO3/c1-9(7-11(8-19)14(20)21)10(2)12-5-3-4-6-13(12)22-15(16,17)18/h3-6,9-11H,7-8,19H2,1-2H3,(H,20,21). The van der Waals surface area contributed by atoms with E-state index in [1.54, 1.807) is 26.0 Å². The van der Waals surface area contributed by atoms with Crippen molar-refractivity contribution in [3.8, 4) is 5.75 Å². The molecule has 0 amide bonds. The van der Waals surface area contributed by atoms with Gasteiger partial charge in [-0.25, -0.2) is 0 Å². The molecule has 1 aromatic carbocycles. The van der Waals surface area contributed by atoms with E-state index in [1.165, 1.54) is 12.1 Å². The highest BCUT2D eigenvalue weighted by atomic mass is 19.4. The quantitative estimate of drug-likeness (QED) is 0.808. The number of nitrogens with two attached hydrogens (primary N) is 1. The second-order valence-corrected chi connectivity index (χ2v) is 5.36. The van der Waals surface area contributed by atoms with Crippen LogP contribution in [-0.2, 0) is 4.79 Å². The van der Waals surface area contributed by atoms with Gasteiger partial charge in [0.15, 0.2) is 0 Å². The van der Waals surface area contributed by atoms with Crippen molar-refractivity contribution in [3.63, 3.8) is 0 Å². The fourth-order valence-corrected chi connectivity index (χ4v) is 2.33. The van der Waals surface area contributed by atoms with Crippen molar-refractivity contribution in [2.24, 2.45) is 17.6 Å². The molecule has 0 saturated heterocycles. The van der Waals surface area contributed by atoms with Crippen LogP contribution in [0.2, 0.25) is 0 Å². The second-order valence-electron chi connectivity index (χ2n) is 5.36. The van der Waals surface area contributed by atoms with Gasteiger partial charge in [-0.15, -0.1) is 13.2 Å². The molecule has 0 spiro atoms. The summed E-state index contributed by atoms with van der Waals surface area (Å²) in [5.74, 6) is -2.43. The summed E-state index contributed by atoms with van der Waals surface area (Å²) in [6.07, 6.45) is -4.48. The summed E-state index contributed by atoms with van der Waals surface area (Å²) in [6.45, 7) is 3.53. The molecular formula is C15H20F3NO3. The topological polar surface area (TPSA) is 72.6 Å². The average Bonchev–Trinajstić information content (AvgIpc) is 2.42. The molecule has 0 aliphatic heterocycles. The third kappa shape index (κ3) is 5.22. The van der Waals surface area contributed by atoms with Gasteiger partial charge in [0.25, 0.3) is 0 Å². The van der Waals surface area contributed by atoms with Gasteiger partial charge in [0.2, 0.25) is 0 Å². The maximum absolute atomic E-state index is 12.4. The molecule has 0 saturated carbocycles. The van der Waals surface area contributed by atoms with Crippen molar-refractivity contribution in [2.45, 2.75) is 32.5 Å². The number of halogens is 3. The van der Waals surface area contributed by atoms with Gasteiger partial charge in [-0.2, -0.15) is 0 Å². The highest BCUT2D eigenvalue weighted by molar-refractivity contribution is 5.70. The first kappa shape index (κ1) is 18.3. The summed E-state index contributed by atoms with van der Waals surface area (Å²) in [6, 6.07) is 5.89. The Labute approximate surface area is 127 Å². The highest BCUT2D eigenvalue weighted by Crippen LogP contribution is 2.36. The molecule has 1 aromatic rings. The van der Waals surface area contributed by atoms with E-state index in [4.69, 9.17) is 10.8 Å². The number of carboxylic acid groups (broad SMARTS) is 1. The van der Waals surface area contributed by atoms with Crippen molar-refractivity contribution >= 4 is 5.97 Å². The molecule has 4 nitrogen and oxygen atoms in total. The molecule has 0 bridgehead atoms. The summed E-state index contributed by atoms with van der Waals surface area (Å²) < 4.78 is 41.4. The number of hydrogen-bond acceptors (Lipinski definition) is 3. The number of alkyl halides is 3. The van der Waals surface area contributed by atoms with E-state index in [0.717, 1.165) is 0 Å². The van der Waals surface area contributed by atoms with Crippen LogP contribution in [0.25, 0.3) is 0 Å². The smallest absolute Gasteiger partial charge is 0.481 e. The van der Waals surface area contributed by atoms with Crippen LogP contribution in [0.1, 0.15) is 31.7 Å². The molecule has 3 N–H and O–H groups in total. The number of para-hydroxylation sites is 1. The van der Waals surface area contributed by atoms with Gasteiger partial charge in [-0.1, -0.05) is 32.0 Å². The fourth-order valence-electron chi connectivity index (χ4n) is 2.33. The van der Waals surface area contributed by atoms with Crippen LogP contribution >= 0.6 is 0 Å². The number of benzene rings is 1. The lowest BCUT2D eigenvalue weighted by atomic mass is 9.82. The van der Waals surface area contributed by atoms with E-state index in [2.05, 4.69) is 4.74 Å². The number of rotatable bonds is 7. The summed E-state index contributed by atoms with van der Waals surface area (Å²) in [5, 5.41) is 9.03. The predicted octanol–water partition coefficient (Wildman–Crippen LogP) is 3.37. The second kappa shape index (κ2) is 7.49. The maximum Gasteiger partial charge on any atom is 0.573 e. The molecule has 0 heterocycles. The van der Waals surface area contributed by atoms with Gasteiger partial charge in [0, 0.05) is 6.54 Å². The SMILES string of the molecule is CC(CC(CN)C(=O)O)C(C)c1ccccc1OC(F)(F)F. The molecular weight excluding hydrogens is 299 g/mol. The molecule has 0 fully saturated rings. The Morgan fingerprint density at radius 3 is 2.41 bits per heavy atom. The Hall–Kier alpha value is -1.76. The van der Waals surface area contributed by atoms with Gasteiger partial charge in [-0.3, -0.25) is 4.79 Å². The van der Waals surface area contributed by atoms with Crippen LogP contribution in [0.3, 0.4) is 0 Å². The van der Waals surface area contributed by atoms with E-state index in [-0.39, 0.29) is 30.6 Å². The van der Waals surface area contributed by atoms with E-state index >= 15 is 0 Å². The summed E-state index contributed by atoms with van der Waals surface area (Å²) in [7, 11) is 0. The van der Waals surface area contributed by atoms with Gasteiger partial charge in [-0.05, 0) is 29.9 Å². The average molecular weight is 319 g/mol. The number of ether oxygens (including phenoxy) is 1. The van der Waals surface area contributed by atoms with Crippen LogP contribution in [-0.4, -0.2) is 24.0 Å². The fraction of sp³-hybridized carbons (Fsp3) is 0.533. The van der Waals surface area contributed by atoms with Crippen molar-refractivity contribution in [1.29, 1.82) is 0 Å². The van der Waals surface area contributed by atoms with E-state index in [9.17, 15) is 18.0 Å². The molecule has 3 atom stereocenters. The minimum absolute atomic E-state index is 0.00685. The highest BCUT2D eigenvalue weighted by Gasteiger charge is 2.33. The van der Waals surface area contributed by atoms with Gasteiger partial charge in [0.05, 0.1) is 5.92 Å². The largest absolute Gasteiger partial charge is 0.573 e. The van der Waals surface area contributed by atoms with Gasteiger partial charge < -0.3 is 15.6 Å². The molecule has 0 aliphatic carbocycles. The minimum Gasteiger partial charge on any atom is -0.481 e. The molecule has 3 unspecified atom stereocenters. The molecule has 0 radical (unpaired) electrons. The first-order valence-corrected chi connectivity index (χ1v) is 6.93. The zero-order valence-corrected chi connectivity index (χ0v) is 12.4. The molecule has 0 aromatic heterocycles. The number of hydrogen-bond donors (Lipinski definition) is 2. The zero-order valence-electron chi connectivity index (χ0n) is 12.4. The van der Waals surface area contributed by atoms with E-state index in [1.807, 2.05) is 0 Å². The maximum atomic E-state index is 12.4. The Kier molecular flexibility index (Phi) is 6.22. The predicted molar refractivity (Wildman–Crippen MR) is 75.5 cm³/mol. The lowest BCUT2D eigenvalue weighted by Crippen LogP contribution is -2.26. The monoisotopic (exact) mass is 319 g/mol. The summed E-state index contributed by atoms with van der Waals surface area (Å²) >= 11 is 0. The van der Waals surface area contributed by atoms with Crippen LogP contribution in [0.5, 0.6) is 5.75 Å². The van der Waals surface area contributed by atoms with E-state index < -0.39 is 18.2 Å². The van der Waals surface area contributed by atoms with Crippen LogP contribution in [0.15, 0.2) is 24.3 Å². The number of aliphatic carboxylic acids is 1. The molecule has 7 heteroatoms. The molecule has 1 rings (SSSR count). The zero-order chi connectivity index (χ0) is 16.9. The van der Waals surface area contributed by atoms with Crippen molar-refractivity contribution in [3.05, 3.63) is 29.8 Å². The van der Waals surface area contributed by atoms with E-state index in [0.29, 0.717) is 5.56 Å². The molecule has 124 valence electrons. The van der Waals surface area contributed by atoms with Crippen LogP contribution in [0, 0.1) is 11.8 Å². The van der Waals surface area contributed by atoms with Crippen LogP contribution in [0.4, 0.5) is 13.2 Å². The third-order valence-electron chi connectivity index (χ3n) is 3.78. The normalized spacial score (nSPS) is 15.9. The van der Waals surface area contributed by atoms with Crippen LogP contribution < -0.4 is 10.5 Å². The summed E-state index contributed by atoms with van der Waals surface area (Å²) in [4.78, 5) is 11.0. The van der Waals surface area contributed by atoms with Gasteiger partial charge >= 0.3 is 12.3 Å². The van der Waals surface area contributed by atoms with Crippen molar-refractivity contribution in [1.82, 2.24) is 0 Å². The molecule has 22 heavy (non-hydrogen) atoms. The lowest BCUT2D eigenvalue weighted by molar-refractivity contribution is -0.275. The molecule has 0 aliphatic rings. The lowest BCUT2D eigenvalue weighted by Gasteiger charge is -2.25. The Balaban J connectivity index is 2.92. The third-order valence-corrected chi connectivity index (χ3v) is 3.78. The van der Waals surface area contributed by atoms with Gasteiger partial charge in [0.1, 0.15) is 5.75 Å². The Bertz CT molecular complexity index is 505. The van der Waals surface area contributed by atoms with Crippen molar-refractivity contribution in [2.75, 3.05) is 6.54 Å². The first-order valence-electron chi connectivity index (χ1n) is 6.93. The minimum atomic E-state index is -4.76. The first-order chi connectivity index (χ1) is 10.2. The summed E-state index contributed by atoms with van der Waals surface area (Å²) in [5.41, 5.74) is 5.82.